The quantitative estimate of drug-likeness (QED) is 0.751. The Labute approximate surface area is 96.1 Å². The Morgan fingerprint density at radius 1 is 1.50 bits per heavy atom. The van der Waals surface area contributed by atoms with E-state index in [2.05, 4.69) is 23.8 Å². The molecule has 0 atom stereocenters. The van der Waals surface area contributed by atoms with E-state index in [9.17, 15) is 4.79 Å². The largest absolute Gasteiger partial charge is 0.374 e. The van der Waals surface area contributed by atoms with Gasteiger partial charge in [0.2, 0.25) is 0 Å². The van der Waals surface area contributed by atoms with Crippen molar-refractivity contribution in [2.24, 2.45) is 5.92 Å². The van der Waals surface area contributed by atoms with Crippen LogP contribution in [0.2, 0.25) is 0 Å². The van der Waals surface area contributed by atoms with Gasteiger partial charge in [-0.2, -0.15) is 0 Å². The van der Waals surface area contributed by atoms with E-state index in [-0.39, 0.29) is 5.56 Å². The van der Waals surface area contributed by atoms with E-state index in [1.54, 1.807) is 6.07 Å². The molecule has 4 heteroatoms. The van der Waals surface area contributed by atoms with Crippen molar-refractivity contribution >= 4 is 0 Å². The maximum Gasteiger partial charge on any atom is 0.251 e. The van der Waals surface area contributed by atoms with Gasteiger partial charge in [0, 0.05) is 18.4 Å². The SMILES string of the molecule is CCCOCc1nc(CC(C)C)cc(=O)[nH]1. The summed E-state index contributed by atoms with van der Waals surface area (Å²) in [6.07, 6.45) is 1.79. The Kier molecular flexibility index (Phi) is 5.19. The average Bonchev–Trinajstić information content (AvgIpc) is 2.16. The summed E-state index contributed by atoms with van der Waals surface area (Å²) in [6.45, 7) is 7.34. The zero-order chi connectivity index (χ0) is 12.0. The second kappa shape index (κ2) is 6.43. The fraction of sp³-hybridized carbons (Fsp3) is 0.667. The number of hydrogen-bond acceptors (Lipinski definition) is 3. The summed E-state index contributed by atoms with van der Waals surface area (Å²) >= 11 is 0. The van der Waals surface area contributed by atoms with Crippen LogP contribution in [0.1, 0.15) is 38.7 Å². The van der Waals surface area contributed by atoms with E-state index in [0.717, 1.165) is 18.5 Å². The maximum atomic E-state index is 11.4. The number of nitrogens with one attached hydrogen (secondary N) is 1. The topological polar surface area (TPSA) is 55.0 Å². The number of rotatable bonds is 6. The minimum absolute atomic E-state index is 0.0965. The van der Waals surface area contributed by atoms with E-state index in [1.165, 1.54) is 0 Å². The number of hydrogen-bond donors (Lipinski definition) is 1. The highest BCUT2D eigenvalue weighted by atomic mass is 16.5. The van der Waals surface area contributed by atoms with Gasteiger partial charge in [-0.3, -0.25) is 4.79 Å². The summed E-state index contributed by atoms with van der Waals surface area (Å²) in [5, 5.41) is 0. The van der Waals surface area contributed by atoms with Crippen LogP contribution < -0.4 is 5.56 Å². The van der Waals surface area contributed by atoms with Crippen molar-refractivity contribution in [3.63, 3.8) is 0 Å². The van der Waals surface area contributed by atoms with E-state index < -0.39 is 0 Å². The molecule has 0 unspecified atom stereocenters. The highest BCUT2D eigenvalue weighted by molar-refractivity contribution is 5.03. The highest BCUT2D eigenvalue weighted by Crippen LogP contribution is 2.03. The van der Waals surface area contributed by atoms with E-state index >= 15 is 0 Å². The second-order valence-corrected chi connectivity index (χ2v) is 4.33. The first-order valence-corrected chi connectivity index (χ1v) is 5.78. The predicted octanol–water partition coefficient (Wildman–Crippen LogP) is 1.89. The Morgan fingerprint density at radius 2 is 2.25 bits per heavy atom. The van der Waals surface area contributed by atoms with Crippen LogP contribution in [0.5, 0.6) is 0 Å². The zero-order valence-electron chi connectivity index (χ0n) is 10.2. The van der Waals surface area contributed by atoms with Crippen molar-refractivity contribution in [3.8, 4) is 0 Å². The molecule has 1 aromatic rings. The van der Waals surface area contributed by atoms with Gasteiger partial charge in [0.25, 0.3) is 5.56 Å². The molecule has 0 aliphatic rings. The molecule has 1 N–H and O–H groups in total. The second-order valence-electron chi connectivity index (χ2n) is 4.33. The molecule has 0 amide bonds. The Morgan fingerprint density at radius 3 is 2.88 bits per heavy atom. The fourth-order valence-corrected chi connectivity index (χ4v) is 1.47. The lowest BCUT2D eigenvalue weighted by Gasteiger charge is -2.06. The number of aromatic amines is 1. The molecule has 16 heavy (non-hydrogen) atoms. The van der Waals surface area contributed by atoms with Crippen LogP contribution in [-0.4, -0.2) is 16.6 Å². The van der Waals surface area contributed by atoms with Gasteiger partial charge in [-0.25, -0.2) is 4.98 Å². The van der Waals surface area contributed by atoms with Crippen LogP contribution in [0.3, 0.4) is 0 Å². The molecule has 0 fully saturated rings. The number of H-pyrrole nitrogens is 1. The average molecular weight is 224 g/mol. The molecule has 1 heterocycles. The third-order valence-corrected chi connectivity index (χ3v) is 2.05. The molecule has 0 aromatic carbocycles. The molecule has 0 saturated carbocycles. The van der Waals surface area contributed by atoms with Crippen molar-refractivity contribution in [2.75, 3.05) is 6.61 Å². The molecule has 0 saturated heterocycles. The summed E-state index contributed by atoms with van der Waals surface area (Å²) in [5.41, 5.74) is 0.745. The van der Waals surface area contributed by atoms with Crippen molar-refractivity contribution in [1.82, 2.24) is 9.97 Å². The molecule has 0 aliphatic carbocycles. The van der Waals surface area contributed by atoms with Crippen LogP contribution in [0.4, 0.5) is 0 Å². The van der Waals surface area contributed by atoms with Crippen LogP contribution in [0.25, 0.3) is 0 Å². The highest BCUT2D eigenvalue weighted by Gasteiger charge is 2.03. The Hall–Kier alpha value is -1.16. The van der Waals surface area contributed by atoms with E-state index in [0.29, 0.717) is 25.0 Å². The third kappa shape index (κ3) is 4.57. The van der Waals surface area contributed by atoms with Gasteiger partial charge >= 0.3 is 0 Å². The Bertz CT molecular complexity index is 372. The normalized spacial score (nSPS) is 11.0. The standard InChI is InChI=1S/C12H20N2O2/c1-4-5-16-8-11-13-10(6-9(2)3)7-12(15)14-11/h7,9H,4-6,8H2,1-3H3,(H,13,14,15). The van der Waals surface area contributed by atoms with Gasteiger partial charge in [-0.05, 0) is 18.8 Å². The van der Waals surface area contributed by atoms with Crippen molar-refractivity contribution in [2.45, 2.75) is 40.2 Å². The summed E-state index contributed by atoms with van der Waals surface area (Å²) in [5.74, 6) is 1.12. The van der Waals surface area contributed by atoms with Gasteiger partial charge in [0.05, 0.1) is 0 Å². The van der Waals surface area contributed by atoms with Crippen molar-refractivity contribution < 1.29 is 4.74 Å². The monoisotopic (exact) mass is 224 g/mol. The summed E-state index contributed by atoms with van der Waals surface area (Å²) < 4.78 is 5.35. The minimum Gasteiger partial charge on any atom is -0.374 e. The molecule has 1 aromatic heterocycles. The number of ether oxygens (including phenoxy) is 1. The molecular formula is C12H20N2O2. The zero-order valence-corrected chi connectivity index (χ0v) is 10.2. The fourth-order valence-electron chi connectivity index (χ4n) is 1.47. The van der Waals surface area contributed by atoms with Gasteiger partial charge in [-0.15, -0.1) is 0 Å². The lowest BCUT2D eigenvalue weighted by atomic mass is 10.1. The van der Waals surface area contributed by atoms with Crippen LogP contribution >= 0.6 is 0 Å². The van der Waals surface area contributed by atoms with E-state index in [1.807, 2.05) is 6.92 Å². The van der Waals surface area contributed by atoms with Crippen LogP contribution in [0, 0.1) is 5.92 Å². The first kappa shape index (κ1) is 12.9. The first-order valence-electron chi connectivity index (χ1n) is 5.78. The number of aromatic nitrogens is 2. The smallest absolute Gasteiger partial charge is 0.251 e. The molecular weight excluding hydrogens is 204 g/mol. The molecule has 90 valence electrons. The molecule has 1 rings (SSSR count). The van der Waals surface area contributed by atoms with Gasteiger partial charge in [0.15, 0.2) is 0 Å². The number of nitrogens with zero attached hydrogens (tertiary/aromatic N) is 1. The van der Waals surface area contributed by atoms with Crippen molar-refractivity contribution in [3.05, 3.63) is 27.9 Å². The first-order chi connectivity index (χ1) is 7.61. The molecule has 4 nitrogen and oxygen atoms in total. The summed E-state index contributed by atoms with van der Waals surface area (Å²) in [7, 11) is 0. The Balaban J connectivity index is 2.69. The van der Waals surface area contributed by atoms with Crippen LogP contribution in [0.15, 0.2) is 10.9 Å². The van der Waals surface area contributed by atoms with Gasteiger partial charge in [0.1, 0.15) is 12.4 Å². The minimum atomic E-state index is -0.0965. The lowest BCUT2D eigenvalue weighted by molar-refractivity contribution is 0.115. The molecule has 0 spiro atoms. The third-order valence-electron chi connectivity index (χ3n) is 2.05. The van der Waals surface area contributed by atoms with Gasteiger partial charge in [-0.1, -0.05) is 20.8 Å². The van der Waals surface area contributed by atoms with Gasteiger partial charge < -0.3 is 9.72 Å². The lowest BCUT2D eigenvalue weighted by Crippen LogP contribution is -2.14. The predicted molar refractivity (Wildman–Crippen MR) is 63.3 cm³/mol. The molecule has 0 bridgehead atoms. The van der Waals surface area contributed by atoms with Crippen molar-refractivity contribution in [1.29, 1.82) is 0 Å². The van der Waals surface area contributed by atoms with Crippen LogP contribution in [-0.2, 0) is 17.8 Å². The maximum absolute atomic E-state index is 11.4. The summed E-state index contributed by atoms with van der Waals surface area (Å²) in [6, 6.07) is 1.56. The van der Waals surface area contributed by atoms with E-state index in [4.69, 9.17) is 4.74 Å². The molecule has 0 radical (unpaired) electrons. The molecule has 0 aliphatic heterocycles. The summed E-state index contributed by atoms with van der Waals surface area (Å²) in [4.78, 5) is 18.4.